The lowest BCUT2D eigenvalue weighted by Gasteiger charge is -2.00. The number of amides is 1. The summed E-state index contributed by atoms with van der Waals surface area (Å²) in [5, 5.41) is 0. The van der Waals surface area contributed by atoms with Gasteiger partial charge in [0.1, 0.15) is 0 Å². The van der Waals surface area contributed by atoms with Crippen molar-refractivity contribution in [2.45, 2.75) is 19.3 Å². The van der Waals surface area contributed by atoms with E-state index in [9.17, 15) is 13.2 Å². The van der Waals surface area contributed by atoms with Crippen molar-refractivity contribution in [3.05, 3.63) is 0 Å². The first kappa shape index (κ1) is 11.8. The number of unbranched alkanes of at least 4 members (excludes halogenated alkanes) is 1. The predicted octanol–water partition coefficient (Wildman–Crippen LogP) is 0.162. The Labute approximate surface area is 78.2 Å². The number of hydrogen-bond acceptors (Lipinski definition) is 4. The molecule has 4 nitrogen and oxygen atoms in total. The normalized spacial score (nSPS) is 11.2. The van der Waals surface area contributed by atoms with Gasteiger partial charge < -0.3 is 0 Å². The Morgan fingerprint density at radius 3 is 2.42 bits per heavy atom. The van der Waals surface area contributed by atoms with E-state index in [4.69, 9.17) is 0 Å². The summed E-state index contributed by atoms with van der Waals surface area (Å²) >= 11 is 3.96. The largest absolute Gasteiger partial charge is 0.274 e. The van der Waals surface area contributed by atoms with Crippen LogP contribution < -0.4 is 4.72 Å². The van der Waals surface area contributed by atoms with Gasteiger partial charge in [0.05, 0.1) is 6.26 Å². The molecule has 0 bridgehead atoms. The summed E-state index contributed by atoms with van der Waals surface area (Å²) in [5.74, 6) is 0.269. The average Bonchev–Trinajstić information content (AvgIpc) is 1.84. The van der Waals surface area contributed by atoms with Crippen LogP contribution in [0, 0.1) is 0 Å². The lowest BCUT2D eigenvalue weighted by atomic mass is 10.2. The third-order valence-electron chi connectivity index (χ3n) is 1.11. The molecule has 1 N–H and O–H groups in total. The number of carbonyl (C=O) groups is 1. The van der Waals surface area contributed by atoms with Gasteiger partial charge in [0.15, 0.2) is 0 Å². The third kappa shape index (κ3) is 7.87. The van der Waals surface area contributed by atoms with Gasteiger partial charge in [0.25, 0.3) is 0 Å². The number of carbonyl (C=O) groups excluding carboxylic acids is 1. The molecule has 0 radical (unpaired) electrons. The average molecular weight is 211 g/mol. The molecule has 0 saturated carbocycles. The molecule has 0 aromatic rings. The second-order valence-electron chi connectivity index (χ2n) is 2.48. The van der Waals surface area contributed by atoms with Crippen LogP contribution in [0.5, 0.6) is 0 Å². The fourth-order valence-corrected chi connectivity index (χ4v) is 1.39. The summed E-state index contributed by atoms with van der Waals surface area (Å²) < 4.78 is 22.9. The molecule has 0 heterocycles. The molecular weight excluding hydrogens is 198 g/mol. The fraction of sp³-hybridized carbons (Fsp3) is 0.833. The molecule has 72 valence electrons. The molecule has 0 aromatic heterocycles. The third-order valence-corrected chi connectivity index (χ3v) is 2.03. The molecule has 0 aliphatic rings. The first-order valence-corrected chi connectivity index (χ1v) is 6.09. The molecule has 0 aromatic carbocycles. The van der Waals surface area contributed by atoms with Gasteiger partial charge in [-0.1, -0.05) is 0 Å². The topological polar surface area (TPSA) is 63.2 Å². The maximum absolute atomic E-state index is 10.8. The van der Waals surface area contributed by atoms with Crippen molar-refractivity contribution in [3.8, 4) is 0 Å². The molecule has 0 aliphatic carbocycles. The van der Waals surface area contributed by atoms with Crippen molar-refractivity contribution in [2.75, 3.05) is 12.0 Å². The summed E-state index contributed by atoms with van der Waals surface area (Å²) in [7, 11) is -3.38. The van der Waals surface area contributed by atoms with Gasteiger partial charge >= 0.3 is 0 Å². The van der Waals surface area contributed by atoms with Crippen LogP contribution >= 0.6 is 12.6 Å². The van der Waals surface area contributed by atoms with Crippen molar-refractivity contribution in [2.24, 2.45) is 0 Å². The minimum Gasteiger partial charge on any atom is -0.274 e. The highest BCUT2D eigenvalue weighted by Crippen LogP contribution is 1.96. The summed E-state index contributed by atoms with van der Waals surface area (Å²) in [5.41, 5.74) is 0. The number of thiol groups is 1. The maximum Gasteiger partial charge on any atom is 0.233 e. The molecule has 0 rings (SSSR count). The lowest BCUT2D eigenvalue weighted by molar-refractivity contribution is -0.119. The van der Waals surface area contributed by atoms with Crippen molar-refractivity contribution >= 4 is 28.6 Å². The zero-order valence-corrected chi connectivity index (χ0v) is 8.62. The van der Waals surface area contributed by atoms with Crippen LogP contribution in [0.25, 0.3) is 0 Å². The van der Waals surface area contributed by atoms with Gasteiger partial charge in [-0.15, -0.1) is 0 Å². The quantitative estimate of drug-likeness (QED) is 0.503. The first-order valence-electron chi connectivity index (χ1n) is 3.57. The summed E-state index contributed by atoms with van der Waals surface area (Å²) in [6, 6.07) is 0. The Morgan fingerprint density at radius 2 is 2.00 bits per heavy atom. The summed E-state index contributed by atoms with van der Waals surface area (Å²) in [4.78, 5) is 10.8. The Hall–Kier alpha value is -0.230. The van der Waals surface area contributed by atoms with E-state index in [2.05, 4.69) is 12.6 Å². The van der Waals surface area contributed by atoms with Crippen molar-refractivity contribution in [1.29, 1.82) is 0 Å². The second-order valence-corrected chi connectivity index (χ2v) is 4.67. The monoisotopic (exact) mass is 211 g/mol. The van der Waals surface area contributed by atoms with E-state index in [0.717, 1.165) is 12.7 Å². The SMILES string of the molecule is CS(=O)(=O)NC(=O)CCCCS. The molecule has 0 spiro atoms. The predicted molar refractivity (Wildman–Crippen MR) is 50.7 cm³/mol. The van der Waals surface area contributed by atoms with Crippen LogP contribution in [0.1, 0.15) is 19.3 Å². The standard InChI is InChI=1S/C6H13NO3S2/c1-12(9,10)7-6(8)4-2-3-5-11/h11H,2-5H2,1H3,(H,7,8). The lowest BCUT2D eigenvalue weighted by Crippen LogP contribution is -2.28. The van der Waals surface area contributed by atoms with Crippen LogP contribution in [0.15, 0.2) is 0 Å². The van der Waals surface area contributed by atoms with Gasteiger partial charge in [-0.3, -0.25) is 9.52 Å². The first-order chi connectivity index (χ1) is 5.45. The van der Waals surface area contributed by atoms with Gasteiger partial charge in [0, 0.05) is 6.42 Å². The van der Waals surface area contributed by atoms with Crippen molar-refractivity contribution in [1.82, 2.24) is 4.72 Å². The van der Waals surface area contributed by atoms with Crippen LogP contribution in [0.3, 0.4) is 0 Å². The second kappa shape index (κ2) is 5.42. The highest BCUT2D eigenvalue weighted by atomic mass is 32.2. The van der Waals surface area contributed by atoms with Crippen LogP contribution in [-0.4, -0.2) is 26.3 Å². The van der Waals surface area contributed by atoms with Crippen molar-refractivity contribution < 1.29 is 13.2 Å². The minimum atomic E-state index is -3.38. The maximum atomic E-state index is 10.8. The Kier molecular flexibility index (Phi) is 5.32. The highest BCUT2D eigenvalue weighted by Gasteiger charge is 2.06. The number of hydrogen-bond donors (Lipinski definition) is 2. The number of sulfonamides is 1. The van der Waals surface area contributed by atoms with E-state index >= 15 is 0 Å². The highest BCUT2D eigenvalue weighted by molar-refractivity contribution is 7.89. The van der Waals surface area contributed by atoms with Crippen LogP contribution in [-0.2, 0) is 14.8 Å². The molecule has 0 fully saturated rings. The van der Waals surface area contributed by atoms with E-state index in [1.165, 1.54) is 0 Å². The fourth-order valence-electron chi connectivity index (χ4n) is 0.655. The van der Waals surface area contributed by atoms with Crippen LogP contribution in [0.2, 0.25) is 0 Å². The molecule has 12 heavy (non-hydrogen) atoms. The Bertz CT molecular complexity index is 235. The Balaban J connectivity index is 3.62. The molecule has 0 unspecified atom stereocenters. The van der Waals surface area contributed by atoms with Gasteiger partial charge in [0.2, 0.25) is 15.9 Å². The number of nitrogens with one attached hydrogen (secondary N) is 1. The van der Waals surface area contributed by atoms with E-state index in [1.54, 1.807) is 0 Å². The number of rotatable bonds is 5. The molecule has 1 amide bonds. The Morgan fingerprint density at radius 1 is 1.42 bits per heavy atom. The zero-order valence-electron chi connectivity index (χ0n) is 6.91. The van der Waals surface area contributed by atoms with Gasteiger partial charge in [-0.25, -0.2) is 8.42 Å². The van der Waals surface area contributed by atoms with Crippen molar-refractivity contribution in [3.63, 3.8) is 0 Å². The smallest absolute Gasteiger partial charge is 0.233 e. The van der Waals surface area contributed by atoms with E-state index in [1.807, 2.05) is 4.72 Å². The summed E-state index contributed by atoms with van der Waals surface area (Å²) in [6.45, 7) is 0. The molecule has 0 aliphatic heterocycles. The van der Waals surface area contributed by atoms with E-state index in [0.29, 0.717) is 12.2 Å². The van der Waals surface area contributed by atoms with E-state index < -0.39 is 15.9 Å². The summed E-state index contributed by atoms with van der Waals surface area (Å²) in [6.07, 6.45) is 2.70. The van der Waals surface area contributed by atoms with Gasteiger partial charge in [-0.2, -0.15) is 12.6 Å². The van der Waals surface area contributed by atoms with E-state index in [-0.39, 0.29) is 6.42 Å². The molecule has 0 saturated heterocycles. The zero-order chi connectivity index (χ0) is 9.61. The van der Waals surface area contributed by atoms with Crippen LogP contribution in [0.4, 0.5) is 0 Å². The molecule has 0 atom stereocenters. The molecule has 6 heteroatoms. The van der Waals surface area contributed by atoms with Gasteiger partial charge in [-0.05, 0) is 18.6 Å². The molecular formula is C6H13NO3S2. The minimum absolute atomic E-state index is 0.244.